The van der Waals surface area contributed by atoms with Gasteiger partial charge in [-0.05, 0) is 51.0 Å². The van der Waals surface area contributed by atoms with Crippen LogP contribution >= 0.6 is 23.2 Å². The molecule has 0 aromatic heterocycles. The van der Waals surface area contributed by atoms with Crippen LogP contribution in [0.2, 0.25) is 10.0 Å². The van der Waals surface area contributed by atoms with Crippen LogP contribution < -0.4 is 9.62 Å². The molecule has 2 rings (SSSR count). The molecule has 0 aliphatic carbocycles. The van der Waals surface area contributed by atoms with Gasteiger partial charge in [0.2, 0.25) is 21.8 Å². The second kappa shape index (κ2) is 13.1. The minimum Gasteiger partial charge on any atom is -0.352 e. The summed E-state index contributed by atoms with van der Waals surface area (Å²) in [4.78, 5) is 27.8. The molecule has 35 heavy (non-hydrogen) atoms. The Bertz CT molecular complexity index is 1090. The molecule has 0 bridgehead atoms. The minimum absolute atomic E-state index is 0.0480. The molecule has 2 aromatic rings. The normalized spacial score (nSPS) is 12.3. The number of benzene rings is 2. The fraction of sp³-hybridized carbons (Fsp3) is 0.440. The van der Waals surface area contributed by atoms with Crippen molar-refractivity contribution < 1.29 is 18.0 Å². The monoisotopic (exact) mass is 541 g/mol. The number of amides is 2. The lowest BCUT2D eigenvalue weighted by atomic mass is 10.1. The molecule has 192 valence electrons. The molecule has 2 amide bonds. The van der Waals surface area contributed by atoms with Crippen LogP contribution in [-0.4, -0.2) is 50.0 Å². The lowest BCUT2D eigenvalue weighted by Gasteiger charge is -2.32. The highest BCUT2D eigenvalue weighted by Gasteiger charge is 2.30. The first-order valence-electron chi connectivity index (χ1n) is 11.5. The Morgan fingerprint density at radius 3 is 2.11 bits per heavy atom. The maximum Gasteiger partial charge on any atom is 0.243 e. The molecule has 2 aromatic carbocycles. The largest absolute Gasteiger partial charge is 0.352 e. The van der Waals surface area contributed by atoms with Gasteiger partial charge in [0.15, 0.2) is 0 Å². The van der Waals surface area contributed by atoms with E-state index in [1.165, 1.54) is 9.21 Å². The van der Waals surface area contributed by atoms with Gasteiger partial charge >= 0.3 is 0 Å². The predicted octanol–water partition coefficient (Wildman–Crippen LogP) is 4.87. The summed E-state index contributed by atoms with van der Waals surface area (Å²) in [7, 11) is -3.53. The third kappa shape index (κ3) is 8.40. The van der Waals surface area contributed by atoms with E-state index in [4.69, 9.17) is 23.2 Å². The number of hydrogen-bond acceptors (Lipinski definition) is 4. The van der Waals surface area contributed by atoms with Crippen molar-refractivity contribution >= 4 is 50.7 Å². The summed E-state index contributed by atoms with van der Waals surface area (Å²) in [5, 5.41) is 3.68. The summed E-state index contributed by atoms with van der Waals surface area (Å²) in [6, 6.07) is 13.0. The van der Waals surface area contributed by atoms with E-state index in [9.17, 15) is 18.0 Å². The number of carbonyl (C=O) groups excluding carboxylic acids is 2. The smallest absolute Gasteiger partial charge is 0.243 e. The molecule has 0 radical (unpaired) electrons. The Balaban J connectivity index is 2.26. The van der Waals surface area contributed by atoms with E-state index in [2.05, 4.69) is 5.32 Å². The summed E-state index contributed by atoms with van der Waals surface area (Å²) in [6.45, 7) is 5.73. The predicted molar refractivity (Wildman–Crippen MR) is 142 cm³/mol. The van der Waals surface area contributed by atoms with Crippen LogP contribution in [0.5, 0.6) is 0 Å². The van der Waals surface area contributed by atoms with Crippen LogP contribution in [0.15, 0.2) is 48.5 Å². The quantitative estimate of drug-likeness (QED) is 0.415. The van der Waals surface area contributed by atoms with E-state index in [1.54, 1.807) is 48.5 Å². The molecule has 10 heteroatoms. The van der Waals surface area contributed by atoms with E-state index < -0.39 is 16.1 Å². The van der Waals surface area contributed by atoms with Crippen LogP contribution in [0.4, 0.5) is 5.69 Å². The zero-order valence-electron chi connectivity index (χ0n) is 20.5. The second-order valence-electron chi connectivity index (χ2n) is 8.58. The number of para-hydroxylation sites is 1. The number of rotatable bonds is 12. The molecule has 0 aliphatic heterocycles. The molecule has 0 fully saturated rings. The number of halogens is 2. The summed E-state index contributed by atoms with van der Waals surface area (Å²) in [5.41, 5.74) is 1.09. The second-order valence-corrected chi connectivity index (χ2v) is 11.3. The van der Waals surface area contributed by atoms with Gasteiger partial charge in [0.05, 0.1) is 11.9 Å². The van der Waals surface area contributed by atoms with Crippen molar-refractivity contribution in [2.45, 2.75) is 58.7 Å². The molecule has 0 aliphatic rings. The van der Waals surface area contributed by atoms with Crippen LogP contribution in [0.1, 0.15) is 45.6 Å². The van der Waals surface area contributed by atoms with Gasteiger partial charge < -0.3 is 10.2 Å². The van der Waals surface area contributed by atoms with E-state index in [-0.39, 0.29) is 43.8 Å². The molecule has 0 heterocycles. The molecular weight excluding hydrogens is 509 g/mol. The van der Waals surface area contributed by atoms with E-state index >= 15 is 0 Å². The van der Waals surface area contributed by atoms with Gasteiger partial charge in [-0.25, -0.2) is 8.42 Å². The third-order valence-corrected chi connectivity index (χ3v) is 7.31. The lowest BCUT2D eigenvalue weighted by molar-refractivity contribution is -0.141. The van der Waals surface area contributed by atoms with Crippen molar-refractivity contribution in [3.63, 3.8) is 0 Å². The first kappa shape index (κ1) is 28.9. The Kier molecular flexibility index (Phi) is 10.9. The highest BCUT2D eigenvalue weighted by molar-refractivity contribution is 7.92. The number of sulfonamides is 1. The van der Waals surface area contributed by atoms with E-state index in [0.29, 0.717) is 27.7 Å². The molecular formula is C25H33Cl2N3O4S. The van der Waals surface area contributed by atoms with Crippen LogP contribution in [0, 0.1) is 0 Å². The Morgan fingerprint density at radius 2 is 1.60 bits per heavy atom. The number of nitrogens with one attached hydrogen (secondary N) is 1. The fourth-order valence-electron chi connectivity index (χ4n) is 3.75. The summed E-state index contributed by atoms with van der Waals surface area (Å²) >= 11 is 12.7. The number of carbonyl (C=O) groups is 2. The Morgan fingerprint density at radius 1 is 1.00 bits per heavy atom. The average Bonchev–Trinajstić information content (AvgIpc) is 2.77. The van der Waals surface area contributed by atoms with Crippen molar-refractivity contribution in [2.24, 2.45) is 0 Å². The average molecular weight is 543 g/mol. The maximum atomic E-state index is 13.4. The van der Waals surface area contributed by atoms with Crippen LogP contribution in [-0.2, 0) is 26.2 Å². The molecule has 0 saturated heterocycles. The van der Waals surface area contributed by atoms with E-state index in [0.717, 1.165) is 6.26 Å². The highest BCUT2D eigenvalue weighted by Crippen LogP contribution is 2.27. The third-order valence-electron chi connectivity index (χ3n) is 5.40. The number of anilines is 1. The minimum atomic E-state index is -3.53. The van der Waals surface area contributed by atoms with Gasteiger partial charge in [0, 0.05) is 41.2 Å². The topological polar surface area (TPSA) is 86.8 Å². The van der Waals surface area contributed by atoms with E-state index in [1.807, 2.05) is 20.8 Å². The van der Waals surface area contributed by atoms with Crippen molar-refractivity contribution in [3.8, 4) is 0 Å². The Labute approximate surface area is 218 Å². The van der Waals surface area contributed by atoms with Crippen LogP contribution in [0.3, 0.4) is 0 Å². The first-order chi connectivity index (χ1) is 16.5. The zero-order chi connectivity index (χ0) is 26.2. The molecule has 0 unspecified atom stereocenters. The molecule has 7 nitrogen and oxygen atoms in total. The SMILES string of the molecule is CC[C@@H](C(=O)NC(C)C)N(Cc1c(Cl)cccc1Cl)C(=O)CCCN(c1ccccc1)S(C)(=O)=O. The van der Waals surface area contributed by atoms with Gasteiger partial charge in [0.25, 0.3) is 0 Å². The first-order valence-corrected chi connectivity index (χ1v) is 14.1. The number of hydrogen-bond donors (Lipinski definition) is 1. The lowest BCUT2D eigenvalue weighted by Crippen LogP contribution is -2.50. The van der Waals surface area contributed by atoms with Crippen molar-refractivity contribution in [2.75, 3.05) is 17.1 Å². The van der Waals surface area contributed by atoms with Gasteiger partial charge in [0.1, 0.15) is 6.04 Å². The molecule has 1 N–H and O–H groups in total. The summed E-state index contributed by atoms with van der Waals surface area (Å²) in [6.07, 6.45) is 1.85. The van der Waals surface area contributed by atoms with Crippen molar-refractivity contribution in [1.82, 2.24) is 10.2 Å². The van der Waals surface area contributed by atoms with Gasteiger partial charge in [-0.2, -0.15) is 0 Å². The fourth-order valence-corrected chi connectivity index (χ4v) is 5.23. The van der Waals surface area contributed by atoms with Crippen molar-refractivity contribution in [1.29, 1.82) is 0 Å². The highest BCUT2D eigenvalue weighted by atomic mass is 35.5. The summed E-state index contributed by atoms with van der Waals surface area (Å²) < 4.78 is 26.0. The van der Waals surface area contributed by atoms with Gasteiger partial charge in [-0.1, -0.05) is 54.4 Å². The van der Waals surface area contributed by atoms with Gasteiger partial charge in [-0.3, -0.25) is 13.9 Å². The maximum absolute atomic E-state index is 13.4. The van der Waals surface area contributed by atoms with Crippen molar-refractivity contribution in [3.05, 3.63) is 64.1 Å². The standard InChI is InChI=1S/C25H33Cl2N3O4S/c1-5-23(25(32)28-18(2)3)29(17-20-21(26)13-9-14-22(20)27)24(31)15-10-16-30(35(4,33)34)19-11-7-6-8-12-19/h6-9,11-14,18,23H,5,10,15-17H2,1-4H3,(H,28,32)/t23-/m0/s1. The summed E-state index contributed by atoms with van der Waals surface area (Å²) in [5.74, 6) is -0.547. The molecule has 1 atom stereocenters. The number of nitrogens with zero attached hydrogens (tertiary/aromatic N) is 2. The van der Waals surface area contributed by atoms with Gasteiger partial charge in [-0.15, -0.1) is 0 Å². The zero-order valence-corrected chi connectivity index (χ0v) is 22.8. The molecule has 0 saturated carbocycles. The van der Waals surface area contributed by atoms with Crippen LogP contribution in [0.25, 0.3) is 0 Å². The molecule has 0 spiro atoms. The Hall–Kier alpha value is -2.29.